The summed E-state index contributed by atoms with van der Waals surface area (Å²) >= 11 is 0. The number of amides is 1. The van der Waals surface area contributed by atoms with E-state index in [9.17, 15) is 22.4 Å². The van der Waals surface area contributed by atoms with E-state index in [0.717, 1.165) is 12.8 Å². The lowest BCUT2D eigenvalue weighted by atomic mass is 9.91. The summed E-state index contributed by atoms with van der Waals surface area (Å²) < 4.78 is 55.8. The molecule has 0 bridgehead atoms. The molecule has 150 valence electrons. The number of halogens is 6. The van der Waals surface area contributed by atoms with Crippen LogP contribution in [0.1, 0.15) is 12.8 Å². The Balaban J connectivity index is 0.00000288. The van der Waals surface area contributed by atoms with Crippen LogP contribution >= 0.6 is 24.8 Å². The Morgan fingerprint density at radius 3 is 2.12 bits per heavy atom. The smallest absolute Gasteiger partial charge is 0.319 e. The first kappa shape index (κ1) is 24.7. The molecule has 0 aromatic carbocycles. The highest BCUT2D eigenvalue weighted by atomic mass is 35.5. The van der Waals surface area contributed by atoms with Crippen LogP contribution in [-0.2, 0) is 9.53 Å². The van der Waals surface area contributed by atoms with Crippen molar-refractivity contribution in [1.29, 1.82) is 0 Å². The Bertz CT molecular complexity index is 408. The molecule has 0 aromatic heterocycles. The lowest BCUT2D eigenvalue weighted by Crippen LogP contribution is -2.57. The average molecular weight is 414 g/mol. The normalized spacial score (nSPS) is 21.4. The maximum atomic E-state index is 13.1. The van der Waals surface area contributed by atoms with Gasteiger partial charge in [0.05, 0.1) is 12.6 Å². The molecule has 0 spiro atoms. The molecule has 0 aliphatic carbocycles. The molecule has 2 fully saturated rings. The average Bonchev–Trinajstić information content (AvgIpc) is 2.54. The first-order chi connectivity index (χ1) is 10.8. The van der Waals surface area contributed by atoms with Crippen molar-refractivity contribution in [3.05, 3.63) is 0 Å². The molecule has 2 aliphatic rings. The van der Waals surface area contributed by atoms with Crippen LogP contribution in [0, 0.1) is 5.92 Å². The van der Waals surface area contributed by atoms with Crippen LogP contribution in [0.5, 0.6) is 0 Å². The number of nitrogens with zero attached hydrogens (tertiary/aromatic N) is 2. The van der Waals surface area contributed by atoms with E-state index < -0.39 is 24.9 Å². The molecule has 2 N–H and O–H groups in total. The molecule has 1 unspecified atom stereocenters. The molecule has 2 aliphatic heterocycles. The van der Waals surface area contributed by atoms with E-state index in [1.54, 1.807) is 0 Å². The van der Waals surface area contributed by atoms with Crippen molar-refractivity contribution in [1.82, 2.24) is 9.80 Å². The molecule has 2 heterocycles. The largest absolute Gasteiger partial charge is 0.381 e. The van der Waals surface area contributed by atoms with Gasteiger partial charge < -0.3 is 15.4 Å². The zero-order valence-electron chi connectivity index (χ0n) is 13.7. The lowest BCUT2D eigenvalue weighted by molar-refractivity contribution is -0.149. The fourth-order valence-electron chi connectivity index (χ4n) is 2.98. The van der Waals surface area contributed by atoms with Gasteiger partial charge >= 0.3 is 12.3 Å². The first-order valence-corrected chi connectivity index (χ1v) is 7.81. The van der Waals surface area contributed by atoms with Crippen LogP contribution in [0.25, 0.3) is 0 Å². The molecule has 25 heavy (non-hydrogen) atoms. The molecule has 0 aromatic rings. The van der Waals surface area contributed by atoms with Gasteiger partial charge in [0.25, 0.3) is 0 Å². The van der Waals surface area contributed by atoms with Crippen molar-refractivity contribution >= 4 is 30.7 Å². The van der Waals surface area contributed by atoms with Gasteiger partial charge in [-0.05, 0) is 18.8 Å². The van der Waals surface area contributed by atoms with Gasteiger partial charge in [0.2, 0.25) is 5.91 Å². The number of piperazine rings is 1. The number of carbonyl (C=O) groups is 1. The maximum absolute atomic E-state index is 13.1. The number of rotatable bonds is 5. The Morgan fingerprint density at radius 2 is 1.64 bits per heavy atom. The van der Waals surface area contributed by atoms with Crippen molar-refractivity contribution in [3.63, 3.8) is 0 Å². The zero-order chi connectivity index (χ0) is 17.0. The maximum Gasteiger partial charge on any atom is 0.319 e. The van der Waals surface area contributed by atoms with Gasteiger partial charge in [-0.25, -0.2) is 8.78 Å². The number of carbonyl (C=O) groups excluding carboxylic acids is 1. The number of hydrogen-bond donors (Lipinski definition) is 1. The van der Waals surface area contributed by atoms with Gasteiger partial charge in [-0.3, -0.25) is 9.69 Å². The van der Waals surface area contributed by atoms with Crippen LogP contribution in [0.4, 0.5) is 17.6 Å². The standard InChI is InChI=1S/C14H23F4N3O2.2ClH/c15-13(16)14(17,18)9-20-3-5-21(6-4-20)12(22)11(19)10-1-7-23-8-2-10;;/h10-11,13H,1-9,19H2;2*1H. The van der Waals surface area contributed by atoms with Gasteiger partial charge in [-0.2, -0.15) is 8.78 Å². The molecule has 11 heteroatoms. The molecule has 2 saturated heterocycles. The molecular weight excluding hydrogens is 389 g/mol. The molecule has 2 rings (SSSR count). The van der Waals surface area contributed by atoms with Crippen molar-refractivity contribution in [2.24, 2.45) is 11.7 Å². The van der Waals surface area contributed by atoms with Gasteiger partial charge in [-0.1, -0.05) is 0 Å². The monoisotopic (exact) mass is 413 g/mol. The summed E-state index contributed by atoms with van der Waals surface area (Å²) in [6.45, 7) is 0.941. The first-order valence-electron chi connectivity index (χ1n) is 7.81. The Labute approximate surface area is 157 Å². The van der Waals surface area contributed by atoms with E-state index in [2.05, 4.69) is 0 Å². The second-order valence-corrected chi connectivity index (χ2v) is 6.14. The van der Waals surface area contributed by atoms with Gasteiger partial charge in [0.15, 0.2) is 0 Å². The fourth-order valence-corrected chi connectivity index (χ4v) is 2.98. The fraction of sp³-hybridized carbons (Fsp3) is 0.929. The van der Waals surface area contributed by atoms with E-state index in [-0.39, 0.29) is 62.8 Å². The summed E-state index contributed by atoms with van der Waals surface area (Å²) in [5.74, 6) is -4.15. The summed E-state index contributed by atoms with van der Waals surface area (Å²) in [7, 11) is 0. The minimum absolute atomic E-state index is 0. The number of hydrogen-bond acceptors (Lipinski definition) is 4. The molecule has 1 atom stereocenters. The summed E-state index contributed by atoms with van der Waals surface area (Å²) in [5.41, 5.74) is 6.02. The van der Waals surface area contributed by atoms with E-state index in [0.29, 0.717) is 13.2 Å². The number of ether oxygens (including phenoxy) is 1. The minimum Gasteiger partial charge on any atom is -0.381 e. The molecule has 1 amide bonds. The van der Waals surface area contributed by atoms with Gasteiger partial charge in [0.1, 0.15) is 0 Å². The zero-order valence-corrected chi connectivity index (χ0v) is 15.3. The van der Waals surface area contributed by atoms with E-state index in [1.807, 2.05) is 0 Å². The van der Waals surface area contributed by atoms with E-state index in [4.69, 9.17) is 10.5 Å². The summed E-state index contributed by atoms with van der Waals surface area (Å²) in [5, 5.41) is 0. The van der Waals surface area contributed by atoms with Gasteiger partial charge in [-0.15, -0.1) is 24.8 Å². The SMILES string of the molecule is Cl.Cl.NC(C(=O)N1CCN(CC(F)(F)C(F)F)CC1)C1CCOCC1. The Kier molecular flexibility index (Phi) is 10.6. The number of alkyl halides is 4. The third-order valence-electron chi connectivity index (χ3n) is 4.50. The summed E-state index contributed by atoms with van der Waals surface area (Å²) in [6, 6.07) is -0.618. The summed E-state index contributed by atoms with van der Waals surface area (Å²) in [4.78, 5) is 15.2. The molecular formula is C14H25Cl2F4N3O2. The summed E-state index contributed by atoms with van der Waals surface area (Å²) in [6.07, 6.45) is -2.22. The predicted octanol–water partition coefficient (Wildman–Crippen LogP) is 1.63. The lowest BCUT2D eigenvalue weighted by Gasteiger charge is -2.38. The van der Waals surface area contributed by atoms with Crippen LogP contribution in [0.15, 0.2) is 0 Å². The van der Waals surface area contributed by atoms with Crippen molar-refractivity contribution in [2.75, 3.05) is 45.9 Å². The second kappa shape index (κ2) is 10.7. The van der Waals surface area contributed by atoms with E-state index >= 15 is 0 Å². The highest BCUT2D eigenvalue weighted by molar-refractivity contribution is 5.85. The Morgan fingerprint density at radius 1 is 1.12 bits per heavy atom. The van der Waals surface area contributed by atoms with Crippen LogP contribution in [0.2, 0.25) is 0 Å². The van der Waals surface area contributed by atoms with Crippen LogP contribution in [-0.4, -0.2) is 80.0 Å². The second-order valence-electron chi connectivity index (χ2n) is 6.14. The highest BCUT2D eigenvalue weighted by Crippen LogP contribution is 2.25. The molecule has 0 radical (unpaired) electrons. The van der Waals surface area contributed by atoms with E-state index in [1.165, 1.54) is 9.80 Å². The third kappa shape index (κ3) is 6.71. The van der Waals surface area contributed by atoms with Crippen molar-refractivity contribution < 1.29 is 27.1 Å². The third-order valence-corrected chi connectivity index (χ3v) is 4.50. The molecule has 0 saturated carbocycles. The van der Waals surface area contributed by atoms with Crippen LogP contribution < -0.4 is 5.73 Å². The highest BCUT2D eigenvalue weighted by Gasteiger charge is 2.43. The van der Waals surface area contributed by atoms with Gasteiger partial charge in [0, 0.05) is 39.4 Å². The van der Waals surface area contributed by atoms with Crippen LogP contribution in [0.3, 0.4) is 0 Å². The van der Waals surface area contributed by atoms with Crippen molar-refractivity contribution in [2.45, 2.75) is 31.2 Å². The predicted molar refractivity (Wildman–Crippen MR) is 90.0 cm³/mol. The number of nitrogens with two attached hydrogens (primary N) is 1. The molecule has 5 nitrogen and oxygen atoms in total. The topological polar surface area (TPSA) is 58.8 Å². The quantitative estimate of drug-likeness (QED) is 0.695. The van der Waals surface area contributed by atoms with Crippen molar-refractivity contribution in [3.8, 4) is 0 Å². The minimum atomic E-state index is -4.02. The Hall–Kier alpha value is -0.350.